The summed E-state index contributed by atoms with van der Waals surface area (Å²) < 4.78 is 2.57. The molecule has 0 aromatic carbocycles. The summed E-state index contributed by atoms with van der Waals surface area (Å²) in [6.07, 6.45) is 3.92. The molecule has 0 saturated carbocycles. The highest BCUT2D eigenvalue weighted by Crippen LogP contribution is 2.08. The predicted molar refractivity (Wildman–Crippen MR) is 67.0 cm³/mol. The standard InChI is InChI=1S/C11H11BrN4O2/c12-8-1-2-9(13-5-8)6-16-7-10(14-15-16)3-4-11(17)18/h1-2,5,7H,3-4,6H2,(H,17,18). The number of hydrogen-bond acceptors (Lipinski definition) is 4. The third-order valence-electron chi connectivity index (χ3n) is 2.29. The van der Waals surface area contributed by atoms with Gasteiger partial charge in [-0.2, -0.15) is 0 Å². The molecule has 0 saturated heterocycles. The molecule has 2 aromatic heterocycles. The smallest absolute Gasteiger partial charge is 0.303 e. The quantitative estimate of drug-likeness (QED) is 0.905. The molecule has 1 N–H and O–H groups in total. The number of aliphatic carboxylic acids is 1. The lowest BCUT2D eigenvalue weighted by atomic mass is 10.2. The van der Waals surface area contributed by atoms with E-state index in [1.54, 1.807) is 17.1 Å². The fourth-order valence-corrected chi connectivity index (χ4v) is 1.67. The molecule has 0 unspecified atom stereocenters. The Labute approximate surface area is 112 Å². The van der Waals surface area contributed by atoms with Crippen LogP contribution in [0.5, 0.6) is 0 Å². The van der Waals surface area contributed by atoms with Crippen molar-refractivity contribution in [2.45, 2.75) is 19.4 Å². The van der Waals surface area contributed by atoms with E-state index < -0.39 is 5.97 Å². The number of carboxylic acids is 1. The summed E-state index contributed by atoms with van der Waals surface area (Å²) in [7, 11) is 0. The first-order chi connectivity index (χ1) is 8.63. The highest BCUT2D eigenvalue weighted by atomic mass is 79.9. The zero-order valence-electron chi connectivity index (χ0n) is 9.45. The minimum Gasteiger partial charge on any atom is -0.481 e. The van der Waals surface area contributed by atoms with Gasteiger partial charge in [-0.15, -0.1) is 5.10 Å². The monoisotopic (exact) mass is 310 g/mol. The number of halogens is 1. The van der Waals surface area contributed by atoms with Gasteiger partial charge in [-0.05, 0) is 28.1 Å². The highest BCUT2D eigenvalue weighted by molar-refractivity contribution is 9.10. The Hall–Kier alpha value is -1.76. The lowest BCUT2D eigenvalue weighted by molar-refractivity contribution is -0.136. The van der Waals surface area contributed by atoms with Crippen molar-refractivity contribution in [2.75, 3.05) is 0 Å². The average molecular weight is 311 g/mol. The van der Waals surface area contributed by atoms with Gasteiger partial charge in [0.1, 0.15) is 0 Å². The second kappa shape index (κ2) is 5.72. The van der Waals surface area contributed by atoms with Gasteiger partial charge in [-0.1, -0.05) is 5.21 Å². The number of rotatable bonds is 5. The average Bonchev–Trinajstić information content (AvgIpc) is 2.77. The molecule has 2 aromatic rings. The van der Waals surface area contributed by atoms with E-state index in [0.29, 0.717) is 18.7 Å². The number of pyridine rings is 1. The van der Waals surface area contributed by atoms with Crippen LogP contribution in [0, 0.1) is 0 Å². The normalized spacial score (nSPS) is 10.5. The first kappa shape index (κ1) is 12.7. The van der Waals surface area contributed by atoms with Crippen LogP contribution in [0.3, 0.4) is 0 Å². The highest BCUT2D eigenvalue weighted by Gasteiger charge is 2.05. The second-order valence-corrected chi connectivity index (χ2v) is 4.68. The summed E-state index contributed by atoms with van der Waals surface area (Å²) in [6.45, 7) is 0.521. The molecule has 2 heterocycles. The van der Waals surface area contributed by atoms with Gasteiger partial charge in [0.05, 0.1) is 24.4 Å². The molecule has 0 amide bonds. The van der Waals surface area contributed by atoms with Crippen molar-refractivity contribution in [3.63, 3.8) is 0 Å². The molecule has 0 bridgehead atoms. The number of aromatic nitrogens is 4. The molecule has 0 aliphatic carbocycles. The van der Waals surface area contributed by atoms with Crippen LogP contribution in [0.4, 0.5) is 0 Å². The van der Waals surface area contributed by atoms with E-state index >= 15 is 0 Å². The van der Waals surface area contributed by atoms with Crippen LogP contribution in [0.2, 0.25) is 0 Å². The molecule has 0 aliphatic rings. The molecule has 0 radical (unpaired) electrons. The van der Waals surface area contributed by atoms with Crippen LogP contribution in [0.1, 0.15) is 17.8 Å². The Kier molecular flexibility index (Phi) is 4.03. The van der Waals surface area contributed by atoms with Crippen LogP contribution in [-0.4, -0.2) is 31.1 Å². The molecule has 6 nitrogen and oxygen atoms in total. The van der Waals surface area contributed by atoms with Gasteiger partial charge in [0.2, 0.25) is 0 Å². The van der Waals surface area contributed by atoms with Gasteiger partial charge in [0, 0.05) is 23.3 Å². The molecule has 0 fully saturated rings. The minimum absolute atomic E-state index is 0.0647. The van der Waals surface area contributed by atoms with E-state index in [9.17, 15) is 4.79 Å². The van der Waals surface area contributed by atoms with Crippen LogP contribution in [0.15, 0.2) is 29.0 Å². The Morgan fingerprint density at radius 2 is 2.22 bits per heavy atom. The predicted octanol–water partition coefficient (Wildman–Crippen LogP) is 1.50. The molecular weight excluding hydrogens is 300 g/mol. The summed E-state index contributed by atoms with van der Waals surface area (Å²) in [4.78, 5) is 14.7. The largest absolute Gasteiger partial charge is 0.481 e. The maximum atomic E-state index is 10.4. The second-order valence-electron chi connectivity index (χ2n) is 3.77. The summed E-state index contributed by atoms with van der Waals surface area (Å²) in [5.74, 6) is -0.834. The van der Waals surface area contributed by atoms with Gasteiger partial charge < -0.3 is 5.11 Å². The topological polar surface area (TPSA) is 80.9 Å². The van der Waals surface area contributed by atoms with E-state index in [4.69, 9.17) is 5.11 Å². The van der Waals surface area contributed by atoms with Gasteiger partial charge in [-0.3, -0.25) is 9.78 Å². The van der Waals surface area contributed by atoms with Gasteiger partial charge in [0.25, 0.3) is 0 Å². The SMILES string of the molecule is O=C(O)CCc1cn(Cc2ccc(Br)cn2)nn1. The van der Waals surface area contributed by atoms with Crippen molar-refractivity contribution in [3.05, 3.63) is 40.4 Å². The lowest BCUT2D eigenvalue weighted by Gasteiger charge is -1.99. The molecule has 0 spiro atoms. The summed E-state index contributed by atoms with van der Waals surface area (Å²) in [6, 6.07) is 3.80. The number of carboxylic acid groups (broad SMARTS) is 1. The molecular formula is C11H11BrN4O2. The van der Waals surface area contributed by atoms with Crippen molar-refractivity contribution in [1.29, 1.82) is 0 Å². The fourth-order valence-electron chi connectivity index (χ4n) is 1.43. The Balaban J connectivity index is 1.97. The summed E-state index contributed by atoms with van der Waals surface area (Å²) in [5.41, 5.74) is 1.54. The first-order valence-electron chi connectivity index (χ1n) is 5.35. The van der Waals surface area contributed by atoms with E-state index in [1.165, 1.54) is 0 Å². The minimum atomic E-state index is -0.834. The third-order valence-corrected chi connectivity index (χ3v) is 2.76. The van der Waals surface area contributed by atoms with Gasteiger partial charge in [-0.25, -0.2) is 4.68 Å². The molecule has 0 aliphatic heterocycles. The molecule has 0 atom stereocenters. The number of carbonyl (C=O) groups is 1. The van der Waals surface area contributed by atoms with E-state index in [1.807, 2.05) is 12.1 Å². The Morgan fingerprint density at radius 1 is 1.39 bits per heavy atom. The number of hydrogen-bond donors (Lipinski definition) is 1. The van der Waals surface area contributed by atoms with Crippen LogP contribution >= 0.6 is 15.9 Å². The first-order valence-corrected chi connectivity index (χ1v) is 6.14. The molecule has 7 heteroatoms. The van der Waals surface area contributed by atoms with Crippen molar-refractivity contribution < 1.29 is 9.90 Å². The van der Waals surface area contributed by atoms with Crippen molar-refractivity contribution in [1.82, 2.24) is 20.0 Å². The Morgan fingerprint density at radius 3 is 2.89 bits per heavy atom. The van der Waals surface area contributed by atoms with Crippen molar-refractivity contribution in [2.24, 2.45) is 0 Å². The van der Waals surface area contributed by atoms with Crippen LogP contribution in [-0.2, 0) is 17.8 Å². The molecule has 2 rings (SSSR count). The van der Waals surface area contributed by atoms with E-state index in [-0.39, 0.29) is 6.42 Å². The van der Waals surface area contributed by atoms with Crippen molar-refractivity contribution >= 4 is 21.9 Å². The van der Waals surface area contributed by atoms with Gasteiger partial charge >= 0.3 is 5.97 Å². The van der Waals surface area contributed by atoms with Crippen molar-refractivity contribution in [3.8, 4) is 0 Å². The van der Waals surface area contributed by atoms with E-state index in [0.717, 1.165) is 10.2 Å². The van der Waals surface area contributed by atoms with Gasteiger partial charge in [0.15, 0.2) is 0 Å². The zero-order valence-corrected chi connectivity index (χ0v) is 11.0. The number of nitrogens with zero attached hydrogens (tertiary/aromatic N) is 4. The van der Waals surface area contributed by atoms with Crippen LogP contribution in [0.25, 0.3) is 0 Å². The molecule has 18 heavy (non-hydrogen) atoms. The zero-order chi connectivity index (χ0) is 13.0. The third kappa shape index (κ3) is 3.63. The maximum Gasteiger partial charge on any atom is 0.303 e. The summed E-state index contributed by atoms with van der Waals surface area (Å²) in [5, 5.41) is 16.4. The van der Waals surface area contributed by atoms with Crippen LogP contribution < -0.4 is 0 Å². The maximum absolute atomic E-state index is 10.4. The summed E-state index contributed by atoms with van der Waals surface area (Å²) >= 11 is 3.32. The fraction of sp³-hybridized carbons (Fsp3) is 0.273. The lowest BCUT2D eigenvalue weighted by Crippen LogP contribution is -2.02. The Bertz CT molecular complexity index is 538. The molecule has 94 valence electrons. The van der Waals surface area contributed by atoms with E-state index in [2.05, 4.69) is 31.2 Å². The number of aryl methyl sites for hydroxylation is 1.